The van der Waals surface area contributed by atoms with Gasteiger partial charge in [-0.1, -0.05) is 11.6 Å². The van der Waals surface area contributed by atoms with Gasteiger partial charge in [0.05, 0.1) is 10.6 Å². The van der Waals surface area contributed by atoms with Gasteiger partial charge in [-0.3, -0.25) is 0 Å². The zero-order chi connectivity index (χ0) is 9.30. The van der Waals surface area contributed by atoms with Crippen LogP contribution in [0.2, 0.25) is 5.02 Å². The first-order valence-electron chi connectivity index (χ1n) is 3.21. The second-order valence-corrected chi connectivity index (χ2v) is 4.01. The van der Waals surface area contributed by atoms with E-state index in [1.165, 1.54) is 0 Å². The molecule has 0 saturated carbocycles. The van der Waals surface area contributed by atoms with Crippen LogP contribution in [0.1, 0.15) is 15.9 Å². The van der Waals surface area contributed by atoms with E-state index < -0.39 is 5.97 Å². The molecule has 0 radical (unpaired) electrons. The van der Waals surface area contributed by atoms with E-state index in [-0.39, 0.29) is 5.56 Å². The van der Waals surface area contributed by atoms with Crippen LogP contribution in [-0.4, -0.2) is 11.1 Å². The third-order valence-corrected chi connectivity index (χ3v) is 2.57. The highest BCUT2D eigenvalue weighted by atomic mass is 127. The van der Waals surface area contributed by atoms with Gasteiger partial charge in [-0.25, -0.2) is 4.79 Å². The van der Waals surface area contributed by atoms with Crippen LogP contribution in [0.5, 0.6) is 0 Å². The van der Waals surface area contributed by atoms with Gasteiger partial charge in [0.2, 0.25) is 0 Å². The molecule has 1 N–H and O–H groups in total. The number of aromatic carboxylic acids is 1. The maximum Gasteiger partial charge on any atom is 0.337 e. The first-order chi connectivity index (χ1) is 5.52. The zero-order valence-electron chi connectivity index (χ0n) is 6.27. The van der Waals surface area contributed by atoms with Crippen LogP contribution in [0.25, 0.3) is 0 Å². The summed E-state index contributed by atoms with van der Waals surface area (Å²) < 4.78 is 0.881. The summed E-state index contributed by atoms with van der Waals surface area (Å²) in [7, 11) is 0. The van der Waals surface area contributed by atoms with Gasteiger partial charge in [-0.2, -0.15) is 0 Å². The van der Waals surface area contributed by atoms with Crippen molar-refractivity contribution in [1.29, 1.82) is 0 Å². The van der Waals surface area contributed by atoms with Gasteiger partial charge in [-0.15, -0.1) is 0 Å². The summed E-state index contributed by atoms with van der Waals surface area (Å²) in [6.07, 6.45) is 0. The first-order valence-corrected chi connectivity index (χ1v) is 4.67. The fraction of sp³-hybridized carbons (Fsp3) is 0.125. The quantitative estimate of drug-likeness (QED) is 0.809. The van der Waals surface area contributed by atoms with Crippen LogP contribution >= 0.6 is 34.2 Å². The predicted octanol–water partition coefficient (Wildman–Crippen LogP) is 2.95. The molecule has 64 valence electrons. The lowest BCUT2D eigenvalue weighted by Crippen LogP contribution is -1.99. The third-order valence-electron chi connectivity index (χ3n) is 1.45. The Morgan fingerprint density at radius 1 is 1.58 bits per heavy atom. The molecule has 0 bridgehead atoms. The number of carboxylic acid groups (broad SMARTS) is 1. The summed E-state index contributed by atoms with van der Waals surface area (Å²) in [5, 5.41) is 9.05. The summed E-state index contributed by atoms with van der Waals surface area (Å²) in [4.78, 5) is 10.6. The number of aryl methyl sites for hydroxylation is 1. The van der Waals surface area contributed by atoms with Gasteiger partial charge in [-0.05, 0) is 47.2 Å². The van der Waals surface area contributed by atoms with E-state index in [2.05, 4.69) is 22.6 Å². The zero-order valence-corrected chi connectivity index (χ0v) is 9.18. The van der Waals surface area contributed by atoms with Gasteiger partial charge in [0.25, 0.3) is 0 Å². The molecule has 0 aliphatic carbocycles. The third kappa shape index (κ3) is 1.90. The summed E-state index contributed by atoms with van der Waals surface area (Å²) in [5.41, 5.74) is 0.960. The van der Waals surface area contributed by atoms with Crippen molar-refractivity contribution in [2.45, 2.75) is 6.92 Å². The average molecular weight is 296 g/mol. The first kappa shape index (κ1) is 9.80. The molecule has 1 aromatic rings. The molecule has 0 atom stereocenters. The maximum atomic E-state index is 10.6. The smallest absolute Gasteiger partial charge is 0.337 e. The molecule has 1 aromatic carbocycles. The van der Waals surface area contributed by atoms with E-state index in [4.69, 9.17) is 16.7 Å². The standard InChI is InChI=1S/C8H6ClIO2/c1-4-2-5(10)3-6(7(4)9)8(11)12/h2-3H,1H3,(H,11,12). The maximum absolute atomic E-state index is 10.6. The van der Waals surface area contributed by atoms with E-state index >= 15 is 0 Å². The topological polar surface area (TPSA) is 37.3 Å². The second-order valence-electron chi connectivity index (χ2n) is 2.39. The molecule has 0 amide bonds. The number of hydrogen-bond donors (Lipinski definition) is 1. The van der Waals surface area contributed by atoms with Gasteiger partial charge < -0.3 is 5.11 Å². The molecule has 0 unspecified atom stereocenters. The Hall–Kier alpha value is -0.290. The molecule has 2 nitrogen and oxygen atoms in total. The molecule has 1 rings (SSSR count). The van der Waals surface area contributed by atoms with Crippen LogP contribution in [0.3, 0.4) is 0 Å². The molecule has 0 aromatic heterocycles. The number of benzene rings is 1. The minimum Gasteiger partial charge on any atom is -0.478 e. The molecule has 0 aliphatic heterocycles. The van der Waals surface area contributed by atoms with Crippen LogP contribution in [0, 0.1) is 10.5 Å². The number of hydrogen-bond acceptors (Lipinski definition) is 1. The highest BCUT2D eigenvalue weighted by molar-refractivity contribution is 14.1. The van der Waals surface area contributed by atoms with Crippen molar-refractivity contribution in [2.24, 2.45) is 0 Å². The van der Waals surface area contributed by atoms with E-state index in [1.807, 2.05) is 6.07 Å². The molecule has 0 saturated heterocycles. The summed E-state index contributed by atoms with van der Waals surface area (Å²) in [5.74, 6) is -0.985. The van der Waals surface area contributed by atoms with Crippen LogP contribution in [0.4, 0.5) is 0 Å². The number of rotatable bonds is 1. The molecule has 0 aliphatic rings. The Labute approximate surface area is 88.7 Å². The van der Waals surface area contributed by atoms with Gasteiger partial charge >= 0.3 is 5.97 Å². The highest BCUT2D eigenvalue weighted by Crippen LogP contribution is 2.23. The van der Waals surface area contributed by atoms with Gasteiger partial charge in [0.15, 0.2) is 0 Å². The summed E-state index contributed by atoms with van der Waals surface area (Å²) in [6, 6.07) is 3.40. The molecule has 4 heteroatoms. The molecule has 12 heavy (non-hydrogen) atoms. The summed E-state index contributed by atoms with van der Waals surface area (Å²) >= 11 is 7.84. The van der Waals surface area contributed by atoms with E-state index in [0.29, 0.717) is 5.02 Å². The van der Waals surface area contributed by atoms with E-state index in [9.17, 15) is 4.79 Å². The number of halogens is 2. The van der Waals surface area contributed by atoms with Gasteiger partial charge in [0.1, 0.15) is 0 Å². The normalized spacial score (nSPS) is 9.92. The lowest BCUT2D eigenvalue weighted by atomic mass is 10.1. The van der Waals surface area contributed by atoms with Crippen molar-refractivity contribution in [2.75, 3.05) is 0 Å². The molecular formula is C8H6ClIO2. The van der Waals surface area contributed by atoms with Crippen LogP contribution in [-0.2, 0) is 0 Å². The number of carboxylic acids is 1. The Kier molecular flexibility index (Phi) is 2.95. The average Bonchev–Trinajstić information content (AvgIpc) is 1.96. The Morgan fingerprint density at radius 2 is 2.17 bits per heavy atom. The fourth-order valence-corrected chi connectivity index (χ4v) is 1.85. The SMILES string of the molecule is Cc1cc(I)cc(C(=O)O)c1Cl. The van der Waals surface area contributed by atoms with Crippen LogP contribution in [0.15, 0.2) is 12.1 Å². The van der Waals surface area contributed by atoms with Crippen molar-refractivity contribution in [1.82, 2.24) is 0 Å². The van der Waals surface area contributed by atoms with E-state index in [0.717, 1.165) is 9.13 Å². The lowest BCUT2D eigenvalue weighted by molar-refractivity contribution is 0.0697. The molecule has 0 heterocycles. The minimum atomic E-state index is -0.985. The molecular weight excluding hydrogens is 290 g/mol. The highest BCUT2D eigenvalue weighted by Gasteiger charge is 2.11. The lowest BCUT2D eigenvalue weighted by Gasteiger charge is -2.02. The fourth-order valence-electron chi connectivity index (χ4n) is 0.881. The van der Waals surface area contributed by atoms with Gasteiger partial charge in [0, 0.05) is 3.57 Å². The molecule has 0 spiro atoms. The Morgan fingerprint density at radius 3 is 2.67 bits per heavy atom. The molecule has 0 fully saturated rings. The Balaban J connectivity index is 3.37. The van der Waals surface area contributed by atoms with Crippen molar-refractivity contribution in [3.63, 3.8) is 0 Å². The van der Waals surface area contributed by atoms with Crippen molar-refractivity contribution in [3.8, 4) is 0 Å². The van der Waals surface area contributed by atoms with Crippen molar-refractivity contribution >= 4 is 40.2 Å². The predicted molar refractivity (Wildman–Crippen MR) is 55.9 cm³/mol. The largest absolute Gasteiger partial charge is 0.478 e. The Bertz CT molecular complexity index is 336. The second kappa shape index (κ2) is 3.62. The van der Waals surface area contributed by atoms with Crippen molar-refractivity contribution in [3.05, 3.63) is 31.9 Å². The number of carbonyl (C=O) groups is 1. The minimum absolute atomic E-state index is 0.168. The van der Waals surface area contributed by atoms with Crippen molar-refractivity contribution < 1.29 is 9.90 Å². The summed E-state index contributed by atoms with van der Waals surface area (Å²) in [6.45, 7) is 1.79. The van der Waals surface area contributed by atoms with Crippen LogP contribution < -0.4 is 0 Å². The van der Waals surface area contributed by atoms with E-state index in [1.54, 1.807) is 13.0 Å². The monoisotopic (exact) mass is 296 g/mol.